The Morgan fingerprint density at radius 2 is 1.68 bits per heavy atom. The van der Waals surface area contributed by atoms with E-state index in [0.29, 0.717) is 0 Å². The summed E-state index contributed by atoms with van der Waals surface area (Å²) in [4.78, 5) is 0. The number of imidazole rings is 1. The summed E-state index contributed by atoms with van der Waals surface area (Å²) in [5, 5.41) is 0. The van der Waals surface area contributed by atoms with E-state index < -0.39 is 0 Å². The van der Waals surface area contributed by atoms with Crippen LogP contribution < -0.4 is 4.57 Å². The Morgan fingerprint density at radius 3 is 2.36 bits per heavy atom. The zero-order valence-corrected chi connectivity index (χ0v) is 14.5. The molecule has 0 aliphatic carbocycles. The maximum Gasteiger partial charge on any atom is 0.332 e. The number of nitrogens with zero attached hydrogens (tertiary/aromatic N) is 2. The van der Waals surface area contributed by atoms with E-state index in [1.165, 1.54) is 45.0 Å². The number of pyridine rings is 1. The number of hydrogen-bond donors (Lipinski definition) is 0. The maximum absolute atomic E-state index is 5.88. The second kappa shape index (κ2) is 3.83. The molecule has 1 aliphatic heterocycles. The molecule has 0 unspecified atom stereocenters. The van der Waals surface area contributed by atoms with Gasteiger partial charge in [-0.3, -0.25) is 0 Å². The van der Waals surface area contributed by atoms with Gasteiger partial charge in [-0.05, 0) is 58.7 Å². The molecular weight excluding hydrogens is 272 g/mol. The Hall–Kier alpha value is -2.03. The van der Waals surface area contributed by atoms with Crippen molar-refractivity contribution in [3.8, 4) is 11.6 Å². The topological polar surface area (TPSA) is 21.4 Å². The second-order valence-electron chi connectivity index (χ2n) is 7.11. The van der Waals surface area contributed by atoms with Crippen LogP contribution in [0.1, 0.15) is 47.5 Å². The molecule has 114 valence electrons. The molecule has 3 heteroatoms. The number of hydrogen-bond acceptors (Lipinski definition) is 1. The minimum atomic E-state index is -0.0749. The van der Waals surface area contributed by atoms with Crippen molar-refractivity contribution in [3.05, 3.63) is 46.0 Å². The first-order chi connectivity index (χ1) is 10.3. The number of fused-ring (bicyclic) bond motifs is 5. The fourth-order valence-corrected chi connectivity index (χ4v) is 4.27. The molecule has 4 heterocycles. The van der Waals surface area contributed by atoms with E-state index in [1.54, 1.807) is 0 Å². The highest BCUT2D eigenvalue weighted by molar-refractivity contribution is 5.70. The molecule has 0 bridgehead atoms. The monoisotopic (exact) mass is 295 g/mol. The minimum Gasteiger partial charge on any atom is -0.456 e. The van der Waals surface area contributed by atoms with Crippen molar-refractivity contribution in [1.29, 1.82) is 0 Å². The van der Waals surface area contributed by atoms with Gasteiger partial charge in [-0.25, -0.2) is 4.57 Å². The molecular formula is C19H23N2O+. The summed E-state index contributed by atoms with van der Waals surface area (Å²) in [7, 11) is 0. The Bertz CT molecular complexity index is 954. The Morgan fingerprint density at radius 1 is 1.00 bits per heavy atom. The van der Waals surface area contributed by atoms with E-state index in [4.69, 9.17) is 4.42 Å². The summed E-state index contributed by atoms with van der Waals surface area (Å²) >= 11 is 0. The second-order valence-corrected chi connectivity index (χ2v) is 7.11. The van der Waals surface area contributed by atoms with Gasteiger partial charge in [-0.1, -0.05) is 0 Å². The van der Waals surface area contributed by atoms with Crippen molar-refractivity contribution in [2.45, 2.75) is 54.0 Å². The van der Waals surface area contributed by atoms with Crippen molar-refractivity contribution in [1.82, 2.24) is 4.40 Å². The van der Waals surface area contributed by atoms with Crippen LogP contribution >= 0.6 is 0 Å². The van der Waals surface area contributed by atoms with E-state index in [-0.39, 0.29) is 5.54 Å². The highest BCUT2D eigenvalue weighted by Gasteiger charge is 2.49. The molecule has 0 radical (unpaired) electrons. The van der Waals surface area contributed by atoms with Crippen LogP contribution in [-0.4, -0.2) is 4.40 Å². The van der Waals surface area contributed by atoms with Crippen molar-refractivity contribution in [2.75, 3.05) is 0 Å². The van der Waals surface area contributed by atoms with E-state index >= 15 is 0 Å². The molecule has 0 aromatic carbocycles. The summed E-state index contributed by atoms with van der Waals surface area (Å²) < 4.78 is 10.7. The third kappa shape index (κ3) is 1.26. The third-order valence-electron chi connectivity index (χ3n) is 5.77. The molecule has 0 saturated heterocycles. The molecule has 0 N–H and O–H groups in total. The van der Waals surface area contributed by atoms with Gasteiger partial charge in [-0.15, -0.1) is 0 Å². The molecule has 3 aromatic heterocycles. The molecule has 0 spiro atoms. The molecule has 3 aromatic rings. The van der Waals surface area contributed by atoms with Crippen LogP contribution in [-0.2, 0) is 5.54 Å². The zero-order chi connectivity index (χ0) is 16.0. The predicted molar refractivity (Wildman–Crippen MR) is 87.4 cm³/mol. The Balaban J connectivity index is 2.33. The van der Waals surface area contributed by atoms with Crippen molar-refractivity contribution in [2.24, 2.45) is 0 Å². The fraction of sp³-hybridized carbons (Fsp3) is 0.421. The van der Waals surface area contributed by atoms with Crippen LogP contribution in [0, 0.1) is 34.6 Å². The molecule has 3 nitrogen and oxygen atoms in total. The summed E-state index contributed by atoms with van der Waals surface area (Å²) in [6.07, 6.45) is 1.81. The van der Waals surface area contributed by atoms with Crippen LogP contribution in [0.3, 0.4) is 0 Å². The van der Waals surface area contributed by atoms with Crippen LogP contribution in [0.2, 0.25) is 0 Å². The van der Waals surface area contributed by atoms with E-state index in [9.17, 15) is 0 Å². The lowest BCUT2D eigenvalue weighted by atomic mass is 9.96. The van der Waals surface area contributed by atoms with Gasteiger partial charge in [0.25, 0.3) is 0 Å². The number of furan rings is 1. The lowest BCUT2D eigenvalue weighted by molar-refractivity contribution is -0.735. The largest absolute Gasteiger partial charge is 0.456 e. The highest BCUT2D eigenvalue weighted by atomic mass is 16.3. The fourth-order valence-electron chi connectivity index (χ4n) is 4.27. The van der Waals surface area contributed by atoms with Gasteiger partial charge in [0.2, 0.25) is 5.76 Å². The van der Waals surface area contributed by atoms with E-state index in [0.717, 1.165) is 5.76 Å². The third-order valence-corrected chi connectivity index (χ3v) is 5.77. The number of aryl methyl sites for hydroxylation is 3. The van der Waals surface area contributed by atoms with Crippen molar-refractivity contribution < 1.29 is 8.98 Å². The first-order valence-corrected chi connectivity index (χ1v) is 7.90. The maximum atomic E-state index is 5.88. The first-order valence-electron chi connectivity index (χ1n) is 7.90. The first kappa shape index (κ1) is 13.6. The molecule has 22 heavy (non-hydrogen) atoms. The quantitative estimate of drug-likeness (QED) is 0.571. The number of aromatic nitrogens is 2. The summed E-state index contributed by atoms with van der Waals surface area (Å²) in [5.41, 5.74) is 9.26. The van der Waals surface area contributed by atoms with Gasteiger partial charge in [0, 0.05) is 12.5 Å². The van der Waals surface area contributed by atoms with Gasteiger partial charge < -0.3 is 4.42 Å². The molecule has 0 atom stereocenters. The van der Waals surface area contributed by atoms with Gasteiger partial charge in [0.1, 0.15) is 16.9 Å². The van der Waals surface area contributed by atoms with Gasteiger partial charge >= 0.3 is 5.82 Å². The standard InChI is InChI=1S/C19H23N2O/c1-10-11(2)13(4)20-16(12(10)3)14(5)21-18(20)17-15(8-9-22-17)19(21,6)7/h8-9H,1-7H3/q+1. The Labute approximate surface area is 131 Å². The number of rotatable bonds is 0. The normalized spacial score (nSPS) is 15.4. The van der Waals surface area contributed by atoms with Crippen molar-refractivity contribution >= 4 is 5.52 Å². The SMILES string of the molecule is Cc1c(C)c(C)n2c3[n+](c(C)c2c1C)C(C)(C)c1ccoc1-3. The van der Waals surface area contributed by atoms with Crippen LogP contribution in [0.4, 0.5) is 0 Å². The summed E-state index contributed by atoms with van der Waals surface area (Å²) in [6.45, 7) is 15.7. The average Bonchev–Trinajstić information content (AvgIpc) is 3.09. The van der Waals surface area contributed by atoms with E-state index in [1.807, 2.05) is 6.26 Å². The zero-order valence-electron chi connectivity index (χ0n) is 14.5. The van der Waals surface area contributed by atoms with Gasteiger partial charge in [0.05, 0.1) is 11.8 Å². The molecule has 0 amide bonds. The lowest BCUT2D eigenvalue weighted by Gasteiger charge is -2.16. The molecule has 0 fully saturated rings. The molecule has 0 saturated carbocycles. The highest BCUT2D eigenvalue weighted by Crippen LogP contribution is 2.41. The smallest absolute Gasteiger partial charge is 0.332 e. The van der Waals surface area contributed by atoms with E-state index in [2.05, 4.69) is 63.5 Å². The Kier molecular flexibility index (Phi) is 2.37. The molecule has 4 rings (SSSR count). The van der Waals surface area contributed by atoms with Crippen LogP contribution in [0.15, 0.2) is 16.7 Å². The summed E-state index contributed by atoms with van der Waals surface area (Å²) in [6, 6.07) is 2.11. The van der Waals surface area contributed by atoms with Gasteiger partial charge in [0.15, 0.2) is 5.52 Å². The predicted octanol–water partition coefficient (Wildman–Crippen LogP) is 4.13. The lowest BCUT2D eigenvalue weighted by Crippen LogP contribution is -2.51. The van der Waals surface area contributed by atoms with Crippen LogP contribution in [0.25, 0.3) is 17.1 Å². The van der Waals surface area contributed by atoms with Crippen molar-refractivity contribution in [3.63, 3.8) is 0 Å². The minimum absolute atomic E-state index is 0.0749. The van der Waals surface area contributed by atoms with Crippen LogP contribution in [0.5, 0.6) is 0 Å². The molecule has 1 aliphatic rings. The summed E-state index contributed by atoms with van der Waals surface area (Å²) in [5.74, 6) is 2.19. The average molecular weight is 295 g/mol. The van der Waals surface area contributed by atoms with Gasteiger partial charge in [-0.2, -0.15) is 4.40 Å².